The third-order valence-electron chi connectivity index (χ3n) is 3.41. The van der Waals surface area contributed by atoms with Gasteiger partial charge in [-0.3, -0.25) is 0 Å². The van der Waals surface area contributed by atoms with Crippen molar-refractivity contribution in [3.63, 3.8) is 0 Å². The fourth-order valence-electron chi connectivity index (χ4n) is 2.16. The van der Waals surface area contributed by atoms with Crippen LogP contribution in [-0.2, 0) is 9.47 Å². The molecule has 1 aromatic rings. The Balaban J connectivity index is 1.73. The number of epoxide rings is 1. The average molecular weight is 218 g/mol. The zero-order chi connectivity index (χ0) is 11.0. The molecule has 1 saturated heterocycles. The van der Waals surface area contributed by atoms with Crippen molar-refractivity contribution in [1.29, 1.82) is 0 Å². The van der Waals surface area contributed by atoms with Gasteiger partial charge in [-0.15, -0.1) is 0 Å². The van der Waals surface area contributed by atoms with Crippen LogP contribution in [0.25, 0.3) is 0 Å². The van der Waals surface area contributed by atoms with E-state index in [-0.39, 0.29) is 0 Å². The quantitative estimate of drug-likeness (QED) is 0.709. The van der Waals surface area contributed by atoms with Crippen LogP contribution < -0.4 is 0 Å². The summed E-state index contributed by atoms with van der Waals surface area (Å²) in [6.07, 6.45) is 3.28. The third-order valence-corrected chi connectivity index (χ3v) is 3.41. The van der Waals surface area contributed by atoms with Crippen LogP contribution in [0.15, 0.2) is 24.3 Å². The van der Waals surface area contributed by atoms with Crippen molar-refractivity contribution in [3.8, 4) is 0 Å². The molecule has 0 amide bonds. The van der Waals surface area contributed by atoms with Crippen molar-refractivity contribution >= 4 is 0 Å². The van der Waals surface area contributed by atoms with Crippen molar-refractivity contribution < 1.29 is 9.47 Å². The molecule has 1 aliphatic heterocycles. The number of ether oxygens (including phenoxy) is 2. The molecule has 2 unspecified atom stereocenters. The van der Waals surface area contributed by atoms with Crippen LogP contribution in [0.1, 0.15) is 30.1 Å². The fourth-order valence-corrected chi connectivity index (χ4v) is 2.16. The Morgan fingerprint density at radius 2 is 2.12 bits per heavy atom. The second-order valence-corrected chi connectivity index (χ2v) is 4.90. The molecule has 2 fully saturated rings. The first-order chi connectivity index (χ1) is 7.84. The largest absolute Gasteiger partial charge is 0.371 e. The molecule has 1 aliphatic carbocycles. The highest BCUT2D eigenvalue weighted by atomic mass is 16.6. The van der Waals surface area contributed by atoms with Crippen molar-refractivity contribution in [2.75, 3.05) is 13.2 Å². The Bertz CT molecular complexity index is 367. The van der Waals surface area contributed by atoms with Crippen LogP contribution in [0.5, 0.6) is 0 Å². The molecule has 0 aromatic heterocycles. The van der Waals surface area contributed by atoms with Crippen LogP contribution in [0, 0.1) is 12.8 Å². The number of hydrogen-bond acceptors (Lipinski definition) is 2. The van der Waals surface area contributed by atoms with E-state index >= 15 is 0 Å². The molecule has 0 N–H and O–H groups in total. The Kier molecular flexibility index (Phi) is 2.70. The molecule has 3 rings (SSSR count). The molecule has 86 valence electrons. The van der Waals surface area contributed by atoms with E-state index < -0.39 is 0 Å². The SMILES string of the molecule is Cc1ccccc1C(OCC1CO1)C1CC1. The van der Waals surface area contributed by atoms with E-state index in [0.29, 0.717) is 12.2 Å². The number of rotatable bonds is 5. The molecule has 2 atom stereocenters. The molecule has 2 aliphatic rings. The summed E-state index contributed by atoms with van der Waals surface area (Å²) in [6.45, 7) is 3.81. The molecule has 1 saturated carbocycles. The maximum atomic E-state index is 6.03. The van der Waals surface area contributed by atoms with Crippen molar-refractivity contribution in [2.45, 2.75) is 32.0 Å². The van der Waals surface area contributed by atoms with Gasteiger partial charge in [0.25, 0.3) is 0 Å². The van der Waals surface area contributed by atoms with E-state index in [1.54, 1.807) is 0 Å². The summed E-state index contributed by atoms with van der Waals surface area (Å²) in [5, 5.41) is 0. The molecular weight excluding hydrogens is 200 g/mol. The lowest BCUT2D eigenvalue weighted by Gasteiger charge is -2.19. The predicted octanol–water partition coefficient (Wildman–Crippen LogP) is 2.86. The Morgan fingerprint density at radius 3 is 2.75 bits per heavy atom. The maximum Gasteiger partial charge on any atom is 0.104 e. The Labute approximate surface area is 96.6 Å². The highest BCUT2D eigenvalue weighted by Gasteiger charge is 2.35. The Hall–Kier alpha value is -0.860. The topological polar surface area (TPSA) is 21.8 Å². The van der Waals surface area contributed by atoms with Gasteiger partial charge in [0.05, 0.1) is 19.3 Å². The van der Waals surface area contributed by atoms with Crippen molar-refractivity contribution in [2.24, 2.45) is 5.92 Å². The van der Waals surface area contributed by atoms with Crippen LogP contribution in [-0.4, -0.2) is 19.3 Å². The van der Waals surface area contributed by atoms with Gasteiger partial charge in [-0.1, -0.05) is 24.3 Å². The van der Waals surface area contributed by atoms with Gasteiger partial charge in [0.15, 0.2) is 0 Å². The van der Waals surface area contributed by atoms with E-state index in [9.17, 15) is 0 Å². The van der Waals surface area contributed by atoms with Gasteiger partial charge in [-0.25, -0.2) is 0 Å². The van der Waals surface area contributed by atoms with Crippen LogP contribution >= 0.6 is 0 Å². The van der Waals surface area contributed by atoms with E-state index in [1.165, 1.54) is 24.0 Å². The second-order valence-electron chi connectivity index (χ2n) is 4.90. The van der Waals surface area contributed by atoms with Crippen molar-refractivity contribution in [3.05, 3.63) is 35.4 Å². The summed E-state index contributed by atoms with van der Waals surface area (Å²) in [5.41, 5.74) is 2.71. The maximum absolute atomic E-state index is 6.03. The molecule has 0 spiro atoms. The Morgan fingerprint density at radius 1 is 1.38 bits per heavy atom. The van der Waals surface area contributed by atoms with Gasteiger partial charge in [0, 0.05) is 0 Å². The van der Waals surface area contributed by atoms with Gasteiger partial charge >= 0.3 is 0 Å². The molecule has 0 radical (unpaired) electrons. The second kappa shape index (κ2) is 4.19. The van der Waals surface area contributed by atoms with Gasteiger partial charge in [0.1, 0.15) is 6.10 Å². The minimum atomic E-state index is 0.297. The average Bonchev–Trinajstić information content (AvgIpc) is 3.15. The van der Waals surface area contributed by atoms with E-state index in [1.807, 2.05) is 0 Å². The smallest absolute Gasteiger partial charge is 0.104 e. The monoisotopic (exact) mass is 218 g/mol. The number of hydrogen-bond donors (Lipinski definition) is 0. The van der Waals surface area contributed by atoms with Crippen LogP contribution in [0.2, 0.25) is 0 Å². The molecule has 2 heteroatoms. The first-order valence-corrected chi connectivity index (χ1v) is 6.13. The summed E-state index contributed by atoms with van der Waals surface area (Å²) in [4.78, 5) is 0. The zero-order valence-corrected chi connectivity index (χ0v) is 9.69. The van der Waals surface area contributed by atoms with E-state index in [2.05, 4.69) is 31.2 Å². The summed E-state index contributed by atoms with van der Waals surface area (Å²) < 4.78 is 11.2. The summed E-state index contributed by atoms with van der Waals surface area (Å²) in [6, 6.07) is 8.56. The molecule has 16 heavy (non-hydrogen) atoms. The molecule has 1 aromatic carbocycles. The molecule has 1 heterocycles. The summed E-state index contributed by atoms with van der Waals surface area (Å²) in [7, 11) is 0. The van der Waals surface area contributed by atoms with Gasteiger partial charge in [-0.05, 0) is 36.8 Å². The van der Waals surface area contributed by atoms with Gasteiger partial charge < -0.3 is 9.47 Å². The zero-order valence-electron chi connectivity index (χ0n) is 9.69. The standard InChI is InChI=1S/C14H18O2/c1-10-4-2-3-5-13(10)14(11-6-7-11)16-9-12-8-15-12/h2-5,11-12,14H,6-9H2,1H3. The predicted molar refractivity (Wildman–Crippen MR) is 62.3 cm³/mol. The first-order valence-electron chi connectivity index (χ1n) is 6.13. The normalized spacial score (nSPS) is 25.4. The third kappa shape index (κ3) is 2.28. The lowest BCUT2D eigenvalue weighted by atomic mass is 10.00. The minimum Gasteiger partial charge on any atom is -0.371 e. The highest BCUT2D eigenvalue weighted by molar-refractivity contribution is 5.29. The lowest BCUT2D eigenvalue weighted by Crippen LogP contribution is -2.12. The molecular formula is C14H18O2. The van der Waals surface area contributed by atoms with Crippen LogP contribution in [0.4, 0.5) is 0 Å². The van der Waals surface area contributed by atoms with Crippen molar-refractivity contribution in [1.82, 2.24) is 0 Å². The van der Waals surface area contributed by atoms with E-state index in [4.69, 9.17) is 9.47 Å². The first kappa shape index (κ1) is 10.3. The fraction of sp³-hybridized carbons (Fsp3) is 0.571. The number of aryl methyl sites for hydroxylation is 1. The summed E-state index contributed by atoms with van der Waals surface area (Å²) >= 11 is 0. The highest BCUT2D eigenvalue weighted by Crippen LogP contribution is 2.44. The van der Waals surface area contributed by atoms with Gasteiger partial charge in [0.2, 0.25) is 0 Å². The summed E-state index contributed by atoms with van der Waals surface area (Å²) in [5.74, 6) is 0.736. The molecule has 2 nitrogen and oxygen atoms in total. The molecule has 0 bridgehead atoms. The van der Waals surface area contributed by atoms with Gasteiger partial charge in [-0.2, -0.15) is 0 Å². The van der Waals surface area contributed by atoms with E-state index in [0.717, 1.165) is 19.1 Å². The number of benzene rings is 1. The minimum absolute atomic E-state index is 0.297. The van der Waals surface area contributed by atoms with Crippen LogP contribution in [0.3, 0.4) is 0 Å². The lowest BCUT2D eigenvalue weighted by molar-refractivity contribution is 0.0271.